The van der Waals surface area contributed by atoms with Crippen LogP contribution < -0.4 is 9.47 Å². The van der Waals surface area contributed by atoms with Crippen LogP contribution in [0.5, 0.6) is 11.5 Å². The molecule has 102 valence electrons. The quantitative estimate of drug-likeness (QED) is 0.840. The molecule has 0 aliphatic rings. The zero-order valence-electron chi connectivity index (χ0n) is 10.0. The Labute approximate surface area is 111 Å². The average molecular weight is 292 g/mol. The fraction of sp³-hybridized carbons (Fsp3) is 0.250. The van der Waals surface area contributed by atoms with Crippen molar-refractivity contribution in [2.45, 2.75) is 6.18 Å². The van der Waals surface area contributed by atoms with Crippen LogP contribution in [0.15, 0.2) is 18.2 Å². The molecule has 0 bridgehead atoms. The van der Waals surface area contributed by atoms with Crippen molar-refractivity contribution in [2.24, 2.45) is 0 Å². The number of benzene rings is 1. The Kier molecular flexibility index (Phi) is 3.45. The molecule has 0 atom stereocenters. The monoisotopic (exact) mass is 291 g/mol. The molecule has 19 heavy (non-hydrogen) atoms. The van der Waals surface area contributed by atoms with Crippen LogP contribution in [0.3, 0.4) is 0 Å². The van der Waals surface area contributed by atoms with Crippen LogP contribution in [0.25, 0.3) is 10.9 Å². The largest absolute Gasteiger partial charge is 0.493 e. The summed E-state index contributed by atoms with van der Waals surface area (Å²) in [5.41, 5.74) is -0.949. The predicted molar refractivity (Wildman–Crippen MR) is 64.9 cm³/mol. The second-order valence-corrected chi connectivity index (χ2v) is 4.12. The summed E-state index contributed by atoms with van der Waals surface area (Å²) >= 11 is 5.86. The van der Waals surface area contributed by atoms with Gasteiger partial charge in [-0.3, -0.25) is 0 Å². The Bertz CT molecular complexity index is 628. The van der Waals surface area contributed by atoms with Crippen LogP contribution in [0.4, 0.5) is 13.2 Å². The smallest absolute Gasteiger partial charge is 0.433 e. The summed E-state index contributed by atoms with van der Waals surface area (Å²) in [6.45, 7) is 0. The highest BCUT2D eigenvalue weighted by molar-refractivity contribution is 6.35. The third-order valence-electron chi connectivity index (χ3n) is 2.55. The number of methoxy groups -OCH3 is 2. The Hall–Kier alpha value is -1.69. The molecule has 1 aromatic carbocycles. The zero-order chi connectivity index (χ0) is 14.2. The number of hydrogen-bond acceptors (Lipinski definition) is 3. The Balaban J connectivity index is 2.74. The fourth-order valence-electron chi connectivity index (χ4n) is 1.66. The van der Waals surface area contributed by atoms with Gasteiger partial charge < -0.3 is 9.47 Å². The Morgan fingerprint density at radius 2 is 1.63 bits per heavy atom. The van der Waals surface area contributed by atoms with Gasteiger partial charge in [0.05, 0.1) is 24.8 Å². The van der Waals surface area contributed by atoms with Gasteiger partial charge in [0, 0.05) is 11.5 Å². The van der Waals surface area contributed by atoms with Crippen molar-refractivity contribution in [1.82, 2.24) is 4.98 Å². The lowest BCUT2D eigenvalue weighted by atomic mass is 10.1. The summed E-state index contributed by atoms with van der Waals surface area (Å²) in [4.78, 5) is 3.55. The number of nitrogens with zero attached hydrogens (tertiary/aromatic N) is 1. The second kappa shape index (κ2) is 4.77. The fourth-order valence-corrected chi connectivity index (χ4v) is 1.91. The van der Waals surface area contributed by atoms with E-state index in [1.165, 1.54) is 26.4 Å². The summed E-state index contributed by atoms with van der Waals surface area (Å²) in [6.07, 6.45) is -4.55. The van der Waals surface area contributed by atoms with Gasteiger partial charge >= 0.3 is 6.18 Å². The maximum absolute atomic E-state index is 12.6. The van der Waals surface area contributed by atoms with Crippen LogP contribution in [0.1, 0.15) is 5.69 Å². The van der Waals surface area contributed by atoms with E-state index in [-0.39, 0.29) is 16.3 Å². The lowest BCUT2D eigenvalue weighted by Gasteiger charge is -2.12. The molecular weight excluding hydrogens is 283 g/mol. The van der Waals surface area contributed by atoms with E-state index in [0.29, 0.717) is 11.1 Å². The predicted octanol–water partition coefficient (Wildman–Crippen LogP) is 3.92. The number of rotatable bonds is 2. The zero-order valence-corrected chi connectivity index (χ0v) is 10.8. The number of ether oxygens (including phenoxy) is 2. The number of aromatic nitrogens is 1. The molecule has 7 heteroatoms. The van der Waals surface area contributed by atoms with E-state index in [2.05, 4.69) is 4.98 Å². The van der Waals surface area contributed by atoms with Crippen molar-refractivity contribution in [1.29, 1.82) is 0 Å². The summed E-state index contributed by atoms with van der Waals surface area (Å²) in [6, 6.07) is 3.63. The van der Waals surface area contributed by atoms with Crippen LogP contribution in [0.2, 0.25) is 5.02 Å². The first kappa shape index (κ1) is 13.7. The molecule has 2 aromatic rings. The Morgan fingerprint density at radius 3 is 2.16 bits per heavy atom. The molecule has 1 aromatic heterocycles. The van der Waals surface area contributed by atoms with Crippen molar-refractivity contribution in [3.63, 3.8) is 0 Å². The first-order valence-electron chi connectivity index (χ1n) is 5.16. The lowest BCUT2D eigenvalue weighted by Crippen LogP contribution is -2.08. The van der Waals surface area contributed by atoms with E-state index in [1.807, 2.05) is 0 Å². The van der Waals surface area contributed by atoms with Crippen LogP contribution in [0, 0.1) is 0 Å². The van der Waals surface area contributed by atoms with E-state index in [0.717, 1.165) is 6.07 Å². The summed E-state index contributed by atoms with van der Waals surface area (Å²) in [7, 11) is 2.81. The molecule has 0 spiro atoms. The van der Waals surface area contributed by atoms with Gasteiger partial charge in [-0.25, -0.2) is 4.98 Å². The molecule has 0 radical (unpaired) electrons. The number of alkyl halides is 3. The van der Waals surface area contributed by atoms with E-state index in [4.69, 9.17) is 21.1 Å². The topological polar surface area (TPSA) is 31.4 Å². The van der Waals surface area contributed by atoms with Gasteiger partial charge in [0.1, 0.15) is 5.69 Å². The van der Waals surface area contributed by atoms with Gasteiger partial charge in [0.2, 0.25) is 0 Å². The van der Waals surface area contributed by atoms with Gasteiger partial charge in [0.25, 0.3) is 0 Å². The van der Waals surface area contributed by atoms with Crippen LogP contribution >= 0.6 is 11.6 Å². The minimum absolute atomic E-state index is 0.0433. The third-order valence-corrected chi connectivity index (χ3v) is 2.87. The first-order chi connectivity index (χ1) is 8.86. The molecule has 0 fully saturated rings. The van der Waals surface area contributed by atoms with E-state index < -0.39 is 11.9 Å². The highest BCUT2D eigenvalue weighted by atomic mass is 35.5. The van der Waals surface area contributed by atoms with Crippen molar-refractivity contribution in [3.8, 4) is 11.5 Å². The highest BCUT2D eigenvalue weighted by Crippen LogP contribution is 2.37. The summed E-state index contributed by atoms with van der Waals surface area (Å²) in [5.74, 6) is 0.663. The second-order valence-electron chi connectivity index (χ2n) is 3.71. The lowest BCUT2D eigenvalue weighted by molar-refractivity contribution is -0.140. The van der Waals surface area contributed by atoms with Crippen LogP contribution in [-0.4, -0.2) is 19.2 Å². The first-order valence-corrected chi connectivity index (χ1v) is 5.54. The van der Waals surface area contributed by atoms with E-state index >= 15 is 0 Å². The van der Waals surface area contributed by atoms with Crippen molar-refractivity contribution < 1.29 is 22.6 Å². The summed E-state index contributed by atoms with van der Waals surface area (Å²) in [5, 5.41) is 0.325. The molecule has 0 saturated carbocycles. The van der Waals surface area contributed by atoms with Crippen molar-refractivity contribution >= 4 is 22.5 Å². The minimum Gasteiger partial charge on any atom is -0.493 e. The Morgan fingerprint density at radius 1 is 1.05 bits per heavy atom. The maximum atomic E-state index is 12.6. The standard InChI is InChI=1S/C12H9ClF3NO2/c1-18-9-3-6-7(13)4-11(12(14,15)16)17-8(6)5-10(9)19-2/h3-5H,1-2H3. The van der Waals surface area contributed by atoms with Gasteiger partial charge in [-0.15, -0.1) is 0 Å². The number of fused-ring (bicyclic) bond motifs is 1. The van der Waals surface area contributed by atoms with E-state index in [9.17, 15) is 13.2 Å². The number of halogens is 4. The summed E-state index contributed by atoms with van der Waals surface area (Å²) < 4.78 is 48.0. The molecule has 0 unspecified atom stereocenters. The SMILES string of the molecule is COc1cc2nc(C(F)(F)F)cc(Cl)c2cc1OC. The molecular formula is C12H9ClF3NO2. The van der Waals surface area contributed by atoms with Crippen molar-refractivity contribution in [3.05, 3.63) is 28.9 Å². The maximum Gasteiger partial charge on any atom is 0.433 e. The third kappa shape index (κ3) is 2.53. The van der Waals surface area contributed by atoms with Gasteiger partial charge in [-0.1, -0.05) is 11.6 Å². The number of pyridine rings is 1. The molecule has 2 rings (SSSR count). The average Bonchev–Trinajstić information content (AvgIpc) is 2.36. The molecule has 0 saturated heterocycles. The van der Waals surface area contributed by atoms with Gasteiger partial charge in [-0.05, 0) is 12.1 Å². The molecule has 1 heterocycles. The number of hydrogen-bond donors (Lipinski definition) is 0. The molecule has 0 aliphatic carbocycles. The molecule has 0 amide bonds. The van der Waals surface area contributed by atoms with Gasteiger partial charge in [-0.2, -0.15) is 13.2 Å². The van der Waals surface area contributed by atoms with E-state index in [1.54, 1.807) is 0 Å². The molecule has 0 N–H and O–H groups in total. The van der Waals surface area contributed by atoms with Crippen molar-refractivity contribution in [2.75, 3.05) is 14.2 Å². The highest BCUT2D eigenvalue weighted by Gasteiger charge is 2.33. The molecule has 0 aliphatic heterocycles. The van der Waals surface area contributed by atoms with Crippen LogP contribution in [-0.2, 0) is 6.18 Å². The van der Waals surface area contributed by atoms with Gasteiger partial charge in [0.15, 0.2) is 11.5 Å². The minimum atomic E-state index is -4.55. The normalized spacial score (nSPS) is 11.7. The molecule has 3 nitrogen and oxygen atoms in total.